The first-order valence-electron chi connectivity index (χ1n) is 6.08. The van der Waals surface area contributed by atoms with Crippen LogP contribution in [0.3, 0.4) is 0 Å². The molecule has 0 unspecified atom stereocenters. The third-order valence-corrected chi connectivity index (χ3v) is 4.63. The Kier molecular flexibility index (Phi) is 5.89. The molecule has 0 radical (unpaired) electrons. The van der Waals surface area contributed by atoms with E-state index >= 15 is 0 Å². The third kappa shape index (κ3) is 3.81. The van der Waals surface area contributed by atoms with Gasteiger partial charge in [0.1, 0.15) is 0 Å². The van der Waals surface area contributed by atoms with E-state index in [4.69, 9.17) is 10.8 Å². The molecule has 0 amide bonds. The number of esters is 1. The molecule has 0 heterocycles. The maximum atomic E-state index is 12.6. The lowest BCUT2D eigenvalue weighted by Gasteiger charge is -2.21. The number of nitrogens with two attached hydrogens (primary N) is 1. The summed E-state index contributed by atoms with van der Waals surface area (Å²) in [5.74, 6) is -0.802. The minimum Gasteiger partial charge on any atom is -0.465 e. The van der Waals surface area contributed by atoms with Gasteiger partial charge in [0.15, 0.2) is 0 Å². The number of hydrogen-bond donors (Lipinski definition) is 2. The van der Waals surface area contributed by atoms with E-state index in [0.29, 0.717) is 0 Å². The van der Waals surface area contributed by atoms with E-state index in [-0.39, 0.29) is 35.8 Å². The van der Waals surface area contributed by atoms with Crippen LogP contribution in [0, 0.1) is 0 Å². The number of hydrogen-bond acceptors (Lipinski definition) is 6. The van der Waals surface area contributed by atoms with Crippen LogP contribution in [0.4, 0.5) is 5.69 Å². The molecule has 0 bridgehead atoms. The summed E-state index contributed by atoms with van der Waals surface area (Å²) in [4.78, 5) is 11.5. The number of carbonyl (C=O) groups is 1. The van der Waals surface area contributed by atoms with Crippen LogP contribution in [-0.4, -0.2) is 50.6 Å². The van der Waals surface area contributed by atoms with E-state index < -0.39 is 16.0 Å². The number of anilines is 1. The van der Waals surface area contributed by atoms with Crippen molar-refractivity contribution in [1.29, 1.82) is 0 Å². The molecule has 0 atom stereocenters. The highest BCUT2D eigenvalue weighted by Gasteiger charge is 2.28. The number of nitrogens with zero attached hydrogens (tertiary/aromatic N) is 1. The largest absolute Gasteiger partial charge is 0.465 e. The van der Waals surface area contributed by atoms with Crippen LogP contribution in [-0.2, 0) is 14.8 Å². The van der Waals surface area contributed by atoms with Gasteiger partial charge in [-0.05, 0) is 18.2 Å². The van der Waals surface area contributed by atoms with Gasteiger partial charge in [0.25, 0.3) is 0 Å². The molecule has 3 N–H and O–H groups in total. The number of rotatable bonds is 7. The first-order chi connectivity index (χ1) is 9.88. The highest BCUT2D eigenvalue weighted by Crippen LogP contribution is 2.23. The number of aliphatic hydroxyl groups is 1. The molecular weight excluding hydrogens is 296 g/mol. The van der Waals surface area contributed by atoms with Crippen molar-refractivity contribution in [3.63, 3.8) is 0 Å². The Morgan fingerprint density at radius 2 is 2.19 bits per heavy atom. The van der Waals surface area contributed by atoms with Gasteiger partial charge in [-0.25, -0.2) is 13.2 Å². The Labute approximate surface area is 123 Å². The van der Waals surface area contributed by atoms with E-state index in [2.05, 4.69) is 11.3 Å². The molecule has 0 aliphatic rings. The number of nitrogen functional groups attached to an aromatic ring is 1. The summed E-state index contributed by atoms with van der Waals surface area (Å²) in [6, 6.07) is 3.86. The fourth-order valence-electron chi connectivity index (χ4n) is 1.75. The predicted molar refractivity (Wildman–Crippen MR) is 78.2 cm³/mol. The zero-order chi connectivity index (χ0) is 16.0. The first kappa shape index (κ1) is 17.2. The highest BCUT2D eigenvalue weighted by atomic mass is 32.2. The van der Waals surface area contributed by atoms with Crippen molar-refractivity contribution in [2.45, 2.75) is 4.90 Å². The van der Waals surface area contributed by atoms with Crippen LogP contribution < -0.4 is 5.73 Å². The molecule has 0 aromatic heterocycles. The van der Waals surface area contributed by atoms with Gasteiger partial charge in [0, 0.05) is 18.8 Å². The van der Waals surface area contributed by atoms with Crippen LogP contribution in [0.15, 0.2) is 35.7 Å². The van der Waals surface area contributed by atoms with Gasteiger partial charge in [0.05, 0.1) is 24.2 Å². The Bertz CT molecular complexity index is 627. The van der Waals surface area contributed by atoms with Gasteiger partial charge < -0.3 is 15.6 Å². The number of sulfonamides is 1. The van der Waals surface area contributed by atoms with Crippen molar-refractivity contribution in [3.05, 3.63) is 36.4 Å². The van der Waals surface area contributed by atoms with Crippen LogP contribution in [0.2, 0.25) is 0 Å². The molecule has 0 aliphatic carbocycles. The van der Waals surface area contributed by atoms with E-state index in [1.54, 1.807) is 0 Å². The summed E-state index contributed by atoms with van der Waals surface area (Å²) >= 11 is 0. The zero-order valence-corrected chi connectivity index (χ0v) is 12.5. The second-order valence-corrected chi connectivity index (χ2v) is 6.03. The van der Waals surface area contributed by atoms with Crippen LogP contribution >= 0.6 is 0 Å². The summed E-state index contributed by atoms with van der Waals surface area (Å²) in [5, 5.41) is 8.99. The topological polar surface area (TPSA) is 110 Å². The molecule has 1 aromatic carbocycles. The first-order valence-corrected chi connectivity index (χ1v) is 7.52. The van der Waals surface area contributed by atoms with Gasteiger partial charge in [-0.1, -0.05) is 6.08 Å². The van der Waals surface area contributed by atoms with Crippen LogP contribution in [0.5, 0.6) is 0 Å². The highest BCUT2D eigenvalue weighted by molar-refractivity contribution is 7.89. The predicted octanol–water partition coefficient (Wildman–Crippen LogP) is 0.224. The average molecular weight is 314 g/mol. The van der Waals surface area contributed by atoms with Crippen molar-refractivity contribution in [2.24, 2.45) is 0 Å². The number of benzene rings is 1. The molecule has 1 aromatic rings. The maximum Gasteiger partial charge on any atom is 0.339 e. The number of carbonyl (C=O) groups excluding carboxylic acids is 1. The summed E-state index contributed by atoms with van der Waals surface area (Å²) in [6.07, 6.45) is 1.39. The fourth-order valence-corrected chi connectivity index (χ4v) is 3.31. The van der Waals surface area contributed by atoms with Crippen molar-refractivity contribution in [3.8, 4) is 0 Å². The van der Waals surface area contributed by atoms with Crippen molar-refractivity contribution >= 4 is 21.7 Å². The molecule has 7 nitrogen and oxygen atoms in total. The van der Waals surface area contributed by atoms with Gasteiger partial charge in [-0.15, -0.1) is 6.58 Å². The zero-order valence-electron chi connectivity index (χ0n) is 11.7. The smallest absolute Gasteiger partial charge is 0.339 e. The lowest BCUT2D eigenvalue weighted by Crippen LogP contribution is -2.34. The molecule has 21 heavy (non-hydrogen) atoms. The van der Waals surface area contributed by atoms with Crippen molar-refractivity contribution in [2.75, 3.05) is 32.5 Å². The van der Waals surface area contributed by atoms with Gasteiger partial charge >= 0.3 is 5.97 Å². The Hall–Kier alpha value is -1.90. The lowest BCUT2D eigenvalue weighted by molar-refractivity contribution is 0.0596. The average Bonchev–Trinajstić information content (AvgIpc) is 2.45. The Morgan fingerprint density at radius 1 is 1.52 bits per heavy atom. The second kappa shape index (κ2) is 7.21. The van der Waals surface area contributed by atoms with Crippen LogP contribution in [0.1, 0.15) is 10.4 Å². The minimum atomic E-state index is -3.98. The van der Waals surface area contributed by atoms with Gasteiger partial charge in [-0.3, -0.25) is 0 Å². The maximum absolute atomic E-state index is 12.6. The van der Waals surface area contributed by atoms with E-state index in [0.717, 1.165) is 11.4 Å². The standard InChI is InChI=1S/C13H18N2O5S/c1-3-6-15(7-8-16)21(18,19)12-5-4-10(14)9-11(12)13(17)20-2/h3-5,9,16H,1,6-8,14H2,2H3. The monoisotopic (exact) mass is 314 g/mol. The number of methoxy groups -OCH3 is 1. The van der Waals surface area contributed by atoms with E-state index in [1.165, 1.54) is 24.3 Å². The van der Waals surface area contributed by atoms with Crippen molar-refractivity contribution in [1.82, 2.24) is 4.31 Å². The normalized spacial score (nSPS) is 11.4. The van der Waals surface area contributed by atoms with Crippen LogP contribution in [0.25, 0.3) is 0 Å². The molecular formula is C13H18N2O5S. The molecule has 1 rings (SSSR count). The Morgan fingerprint density at radius 3 is 2.71 bits per heavy atom. The SMILES string of the molecule is C=CCN(CCO)S(=O)(=O)c1ccc(N)cc1C(=O)OC. The molecule has 8 heteroatoms. The number of ether oxygens (including phenoxy) is 1. The summed E-state index contributed by atoms with van der Waals surface area (Å²) in [6.45, 7) is 3.02. The molecule has 116 valence electrons. The van der Waals surface area contributed by atoms with E-state index in [1.807, 2.05) is 0 Å². The molecule has 0 spiro atoms. The van der Waals surface area contributed by atoms with Crippen molar-refractivity contribution < 1.29 is 23.1 Å². The second-order valence-electron chi connectivity index (χ2n) is 4.12. The summed E-state index contributed by atoms with van der Waals surface area (Å²) in [7, 11) is -2.83. The molecule has 0 aliphatic heterocycles. The number of aliphatic hydroxyl groups excluding tert-OH is 1. The molecule has 0 saturated heterocycles. The van der Waals surface area contributed by atoms with E-state index in [9.17, 15) is 13.2 Å². The minimum absolute atomic E-state index is 0.00782. The third-order valence-electron chi connectivity index (χ3n) is 2.71. The summed E-state index contributed by atoms with van der Waals surface area (Å²) < 4.78 is 30.8. The van der Waals surface area contributed by atoms with Gasteiger partial charge in [0.2, 0.25) is 10.0 Å². The Balaban J connectivity index is 3.42. The lowest BCUT2D eigenvalue weighted by atomic mass is 10.2. The molecule has 0 fully saturated rings. The fraction of sp³-hybridized carbons (Fsp3) is 0.308. The molecule has 0 saturated carbocycles. The quantitative estimate of drug-likeness (QED) is 0.423. The summed E-state index contributed by atoms with van der Waals surface area (Å²) in [5.41, 5.74) is 5.68. The van der Waals surface area contributed by atoms with Gasteiger partial charge in [-0.2, -0.15) is 4.31 Å².